The van der Waals surface area contributed by atoms with Gasteiger partial charge in [0, 0.05) is 6.54 Å². The van der Waals surface area contributed by atoms with Crippen LogP contribution in [0.2, 0.25) is 0 Å². The molecule has 2 N–H and O–H groups in total. The number of thiophene rings is 1. The molecular weight excluding hydrogens is 329 g/mol. The van der Waals surface area contributed by atoms with Crippen molar-refractivity contribution in [3.8, 4) is 5.75 Å². The molecule has 0 radical (unpaired) electrons. The van der Waals surface area contributed by atoms with Crippen molar-refractivity contribution >= 4 is 21.4 Å². The van der Waals surface area contributed by atoms with Crippen molar-refractivity contribution in [1.29, 1.82) is 0 Å². The van der Waals surface area contributed by atoms with Crippen LogP contribution in [0.4, 0.5) is 4.39 Å². The molecule has 0 amide bonds. The minimum absolute atomic E-state index is 0.0268. The van der Waals surface area contributed by atoms with Gasteiger partial charge in [-0.3, -0.25) is 0 Å². The molecule has 1 aromatic heterocycles. The third-order valence-corrected chi connectivity index (χ3v) is 5.24. The first-order valence-electron chi connectivity index (χ1n) is 6.47. The lowest BCUT2D eigenvalue weighted by Crippen LogP contribution is -2.26. The number of hydrogen-bond acceptors (Lipinski definition) is 5. The Morgan fingerprint density at radius 1 is 1.41 bits per heavy atom. The third-order valence-electron chi connectivity index (χ3n) is 3.05. The Hall–Kier alpha value is -1.48. The maximum Gasteiger partial charge on any atom is 0.244 e. The fourth-order valence-electron chi connectivity index (χ4n) is 1.90. The molecule has 2 aromatic rings. The van der Waals surface area contributed by atoms with Crippen LogP contribution in [0, 0.1) is 5.82 Å². The number of methoxy groups -OCH3 is 1. The van der Waals surface area contributed by atoms with Crippen LogP contribution in [0.25, 0.3) is 0 Å². The maximum atomic E-state index is 13.3. The Labute approximate surface area is 132 Å². The van der Waals surface area contributed by atoms with Crippen LogP contribution in [-0.4, -0.2) is 27.2 Å². The van der Waals surface area contributed by atoms with E-state index in [1.54, 1.807) is 11.4 Å². The first-order chi connectivity index (χ1) is 10.4. The van der Waals surface area contributed by atoms with E-state index in [0.717, 1.165) is 17.7 Å². The van der Waals surface area contributed by atoms with Crippen molar-refractivity contribution < 1.29 is 22.7 Å². The number of sulfonamides is 1. The van der Waals surface area contributed by atoms with Gasteiger partial charge < -0.3 is 9.84 Å². The summed E-state index contributed by atoms with van der Waals surface area (Å²) < 4.78 is 44.9. The van der Waals surface area contributed by atoms with Crippen LogP contribution in [0.3, 0.4) is 0 Å². The van der Waals surface area contributed by atoms with Gasteiger partial charge in [0.1, 0.15) is 16.5 Å². The second-order valence-corrected chi connectivity index (χ2v) is 7.07. The molecule has 0 spiro atoms. The van der Waals surface area contributed by atoms with Crippen LogP contribution in [-0.2, 0) is 10.0 Å². The normalized spacial score (nSPS) is 13.0. The lowest BCUT2D eigenvalue weighted by molar-refractivity contribution is 0.169. The topological polar surface area (TPSA) is 75.6 Å². The van der Waals surface area contributed by atoms with E-state index in [1.165, 1.54) is 24.5 Å². The van der Waals surface area contributed by atoms with Gasteiger partial charge in [-0.1, -0.05) is 0 Å². The minimum atomic E-state index is -3.91. The largest absolute Gasteiger partial charge is 0.495 e. The van der Waals surface area contributed by atoms with E-state index in [0.29, 0.717) is 0 Å². The summed E-state index contributed by atoms with van der Waals surface area (Å²) in [5.41, 5.74) is 0.743. The predicted octanol–water partition coefficient (Wildman–Crippen LogP) is 2.30. The van der Waals surface area contributed by atoms with Gasteiger partial charge in [-0.25, -0.2) is 17.5 Å². The van der Waals surface area contributed by atoms with Gasteiger partial charge in [-0.2, -0.15) is 11.3 Å². The highest BCUT2D eigenvalue weighted by atomic mass is 32.2. The quantitative estimate of drug-likeness (QED) is 0.807. The van der Waals surface area contributed by atoms with E-state index < -0.39 is 21.9 Å². The summed E-state index contributed by atoms with van der Waals surface area (Å²) >= 11 is 1.45. The maximum absolute atomic E-state index is 13.3. The van der Waals surface area contributed by atoms with Crippen LogP contribution >= 0.6 is 11.3 Å². The molecule has 0 fully saturated rings. The first kappa shape index (κ1) is 16.9. The first-order valence-corrected chi connectivity index (χ1v) is 8.90. The number of ether oxygens (including phenoxy) is 1. The van der Waals surface area contributed by atoms with Crippen LogP contribution < -0.4 is 9.46 Å². The van der Waals surface area contributed by atoms with Gasteiger partial charge in [0.2, 0.25) is 10.0 Å². The van der Waals surface area contributed by atoms with Gasteiger partial charge in [0.15, 0.2) is 0 Å². The van der Waals surface area contributed by atoms with E-state index in [1.807, 2.05) is 5.38 Å². The molecule has 0 saturated heterocycles. The fraction of sp³-hybridized carbons (Fsp3) is 0.286. The Balaban J connectivity index is 2.04. The van der Waals surface area contributed by atoms with Crippen molar-refractivity contribution in [2.75, 3.05) is 13.7 Å². The molecular formula is C14H16FNO4S2. The van der Waals surface area contributed by atoms with E-state index in [9.17, 15) is 17.9 Å². The zero-order chi connectivity index (χ0) is 16.2. The van der Waals surface area contributed by atoms with E-state index >= 15 is 0 Å². The predicted molar refractivity (Wildman–Crippen MR) is 82.0 cm³/mol. The molecule has 0 bridgehead atoms. The second-order valence-electron chi connectivity index (χ2n) is 4.55. The number of aliphatic hydroxyl groups is 1. The van der Waals surface area contributed by atoms with Crippen molar-refractivity contribution in [3.63, 3.8) is 0 Å². The average molecular weight is 345 g/mol. The Bertz CT molecular complexity index is 716. The van der Waals surface area contributed by atoms with E-state index in [4.69, 9.17) is 4.74 Å². The minimum Gasteiger partial charge on any atom is -0.495 e. The molecule has 8 heteroatoms. The number of nitrogens with one attached hydrogen (secondary N) is 1. The van der Waals surface area contributed by atoms with Crippen molar-refractivity contribution in [2.24, 2.45) is 0 Å². The van der Waals surface area contributed by atoms with Gasteiger partial charge in [0.25, 0.3) is 0 Å². The van der Waals surface area contributed by atoms with E-state index in [-0.39, 0.29) is 23.6 Å². The number of benzene rings is 1. The summed E-state index contributed by atoms with van der Waals surface area (Å²) in [5.74, 6) is -0.605. The zero-order valence-corrected chi connectivity index (χ0v) is 13.5. The van der Waals surface area contributed by atoms with Gasteiger partial charge in [0.05, 0.1) is 13.2 Å². The number of rotatable bonds is 7. The highest BCUT2D eigenvalue weighted by Crippen LogP contribution is 2.24. The van der Waals surface area contributed by atoms with Crippen molar-refractivity contribution in [3.05, 3.63) is 46.4 Å². The van der Waals surface area contributed by atoms with Crippen molar-refractivity contribution in [2.45, 2.75) is 17.4 Å². The SMILES string of the molecule is COc1ccc(F)cc1S(=O)(=O)NCC[C@H](O)c1ccsc1. The molecule has 1 heterocycles. The molecule has 0 aliphatic rings. The molecule has 5 nitrogen and oxygen atoms in total. The standard InChI is InChI=1S/C14H16FNO4S2/c1-20-13-3-2-11(15)8-14(13)22(18,19)16-6-4-12(17)10-5-7-21-9-10/h2-3,5,7-9,12,16-17H,4,6H2,1H3/t12-/m0/s1. The number of aliphatic hydroxyl groups excluding tert-OH is 1. The molecule has 2 rings (SSSR count). The van der Waals surface area contributed by atoms with Crippen LogP contribution in [0.15, 0.2) is 39.9 Å². The summed E-state index contributed by atoms with van der Waals surface area (Å²) in [4.78, 5) is -0.264. The third kappa shape index (κ3) is 4.04. The Morgan fingerprint density at radius 3 is 2.82 bits per heavy atom. The molecule has 0 saturated carbocycles. The summed E-state index contributed by atoms with van der Waals surface area (Å²) in [6.45, 7) is 0.0268. The highest BCUT2D eigenvalue weighted by Gasteiger charge is 2.20. The molecule has 0 unspecified atom stereocenters. The lowest BCUT2D eigenvalue weighted by atomic mass is 10.1. The lowest BCUT2D eigenvalue weighted by Gasteiger charge is -2.12. The molecule has 22 heavy (non-hydrogen) atoms. The molecule has 0 aliphatic carbocycles. The van der Waals surface area contributed by atoms with Crippen LogP contribution in [0.1, 0.15) is 18.1 Å². The molecule has 120 valence electrons. The Kier molecular flexibility index (Phi) is 5.52. The van der Waals surface area contributed by atoms with E-state index in [2.05, 4.69) is 4.72 Å². The summed E-state index contributed by atoms with van der Waals surface area (Å²) in [6, 6.07) is 5.05. The van der Waals surface area contributed by atoms with Crippen molar-refractivity contribution in [1.82, 2.24) is 4.72 Å². The molecule has 1 aromatic carbocycles. The highest BCUT2D eigenvalue weighted by molar-refractivity contribution is 7.89. The molecule has 0 aliphatic heterocycles. The van der Waals surface area contributed by atoms with Gasteiger partial charge in [-0.05, 0) is 47.0 Å². The summed E-state index contributed by atoms with van der Waals surface area (Å²) in [6.07, 6.45) is -0.531. The number of hydrogen-bond donors (Lipinski definition) is 2. The van der Waals surface area contributed by atoms with Crippen LogP contribution in [0.5, 0.6) is 5.75 Å². The van der Waals surface area contributed by atoms with Gasteiger partial charge >= 0.3 is 0 Å². The van der Waals surface area contributed by atoms with Gasteiger partial charge in [-0.15, -0.1) is 0 Å². The summed E-state index contributed by atoms with van der Waals surface area (Å²) in [5, 5.41) is 13.5. The smallest absolute Gasteiger partial charge is 0.244 e. The molecule has 1 atom stereocenters. The average Bonchev–Trinajstić information content (AvgIpc) is 3.01. The fourth-order valence-corrected chi connectivity index (χ4v) is 3.83. The zero-order valence-electron chi connectivity index (χ0n) is 11.8. The summed E-state index contributed by atoms with van der Waals surface area (Å²) in [7, 11) is -2.60. The number of halogens is 1. The Morgan fingerprint density at radius 2 is 2.18 bits per heavy atom. The monoisotopic (exact) mass is 345 g/mol. The second kappa shape index (κ2) is 7.19.